The molecule has 2 heterocycles. The zero-order valence-electron chi connectivity index (χ0n) is 12.6. The highest BCUT2D eigenvalue weighted by Crippen LogP contribution is 2.24. The molecule has 1 aliphatic rings. The number of rotatable bonds is 3. The second kappa shape index (κ2) is 5.67. The van der Waals surface area contributed by atoms with Gasteiger partial charge < -0.3 is 14.7 Å². The number of ether oxygens (including phenoxy) is 1. The third-order valence-corrected chi connectivity index (χ3v) is 3.68. The van der Waals surface area contributed by atoms with Crippen LogP contribution in [0.4, 0.5) is 0 Å². The van der Waals surface area contributed by atoms with Gasteiger partial charge in [0.1, 0.15) is 17.6 Å². The first-order chi connectivity index (χ1) is 10.5. The minimum absolute atomic E-state index is 0.00386. The Morgan fingerprint density at radius 1 is 1.32 bits per heavy atom. The number of aromatic nitrogens is 1. The highest BCUT2D eigenvalue weighted by molar-refractivity contribution is 5.97. The molecule has 114 valence electrons. The Bertz CT molecular complexity index is 709. The van der Waals surface area contributed by atoms with Crippen LogP contribution in [-0.2, 0) is 0 Å². The average Bonchev–Trinajstić information content (AvgIpc) is 2.44. The third-order valence-electron chi connectivity index (χ3n) is 3.68. The summed E-state index contributed by atoms with van der Waals surface area (Å²) in [7, 11) is 0. The number of carbonyl (C=O) groups is 1. The average molecular weight is 298 g/mol. The number of amides is 1. The lowest BCUT2D eigenvalue weighted by Crippen LogP contribution is -2.56. The standard InChI is InChI=1S/C17H18N2O3/c1-11-4-3-5-13(6-11)22-14-9-19(10-14)17(21)15-7-12(2)18-8-16(15)20/h3-8,14,20H,9-10H2,1-2H3. The number of nitrogens with zero attached hydrogens (tertiary/aromatic N) is 2. The Labute approximate surface area is 129 Å². The van der Waals surface area contributed by atoms with Crippen LogP contribution >= 0.6 is 0 Å². The Kier molecular flexibility index (Phi) is 3.71. The van der Waals surface area contributed by atoms with Gasteiger partial charge in [0.25, 0.3) is 5.91 Å². The summed E-state index contributed by atoms with van der Waals surface area (Å²) < 4.78 is 5.83. The maximum Gasteiger partial charge on any atom is 0.257 e. The first-order valence-corrected chi connectivity index (χ1v) is 7.21. The molecule has 0 saturated carbocycles. The summed E-state index contributed by atoms with van der Waals surface area (Å²) in [5, 5.41) is 9.76. The van der Waals surface area contributed by atoms with Gasteiger partial charge in [-0.05, 0) is 37.6 Å². The number of hydrogen-bond donors (Lipinski definition) is 1. The highest BCUT2D eigenvalue weighted by Gasteiger charge is 2.33. The Hall–Kier alpha value is -2.56. The normalized spacial score (nSPS) is 14.5. The van der Waals surface area contributed by atoms with Gasteiger partial charge >= 0.3 is 0 Å². The van der Waals surface area contributed by atoms with Crippen molar-refractivity contribution in [2.45, 2.75) is 20.0 Å². The predicted molar refractivity (Wildman–Crippen MR) is 82.1 cm³/mol. The first-order valence-electron chi connectivity index (χ1n) is 7.21. The van der Waals surface area contributed by atoms with E-state index in [4.69, 9.17) is 4.74 Å². The van der Waals surface area contributed by atoms with Gasteiger partial charge in [-0.15, -0.1) is 0 Å². The smallest absolute Gasteiger partial charge is 0.257 e. The van der Waals surface area contributed by atoms with E-state index in [1.54, 1.807) is 17.9 Å². The second-order valence-electron chi connectivity index (χ2n) is 5.61. The summed E-state index contributed by atoms with van der Waals surface area (Å²) in [4.78, 5) is 18.0. The number of pyridine rings is 1. The van der Waals surface area contributed by atoms with E-state index in [1.165, 1.54) is 6.20 Å². The lowest BCUT2D eigenvalue weighted by molar-refractivity contribution is 0.0175. The molecular formula is C17H18N2O3. The van der Waals surface area contributed by atoms with Crippen molar-refractivity contribution >= 4 is 5.91 Å². The molecule has 1 aromatic carbocycles. The zero-order valence-corrected chi connectivity index (χ0v) is 12.6. The van der Waals surface area contributed by atoms with Crippen molar-refractivity contribution in [1.82, 2.24) is 9.88 Å². The quantitative estimate of drug-likeness (QED) is 0.944. The molecule has 2 aromatic rings. The van der Waals surface area contributed by atoms with E-state index in [9.17, 15) is 9.90 Å². The maximum absolute atomic E-state index is 12.3. The molecule has 1 fully saturated rings. The van der Waals surface area contributed by atoms with E-state index in [0.717, 1.165) is 11.3 Å². The number of aromatic hydroxyl groups is 1. The maximum atomic E-state index is 12.3. The van der Waals surface area contributed by atoms with Gasteiger partial charge in [-0.3, -0.25) is 9.78 Å². The number of hydrogen-bond acceptors (Lipinski definition) is 4. The molecule has 0 aliphatic carbocycles. The largest absolute Gasteiger partial charge is 0.505 e. The molecule has 0 spiro atoms. The number of carbonyl (C=O) groups excluding carboxylic acids is 1. The van der Waals surface area contributed by atoms with E-state index < -0.39 is 0 Å². The minimum Gasteiger partial charge on any atom is -0.505 e. The molecule has 3 rings (SSSR count). The fourth-order valence-corrected chi connectivity index (χ4v) is 2.45. The monoisotopic (exact) mass is 298 g/mol. The van der Waals surface area contributed by atoms with E-state index in [0.29, 0.717) is 24.3 Å². The van der Waals surface area contributed by atoms with Crippen molar-refractivity contribution in [3.8, 4) is 11.5 Å². The molecule has 1 N–H and O–H groups in total. The minimum atomic E-state index is -0.188. The second-order valence-corrected chi connectivity index (χ2v) is 5.61. The first kappa shape index (κ1) is 14.4. The van der Waals surface area contributed by atoms with Crippen LogP contribution in [0.3, 0.4) is 0 Å². The molecule has 5 heteroatoms. The van der Waals surface area contributed by atoms with Gasteiger partial charge in [-0.1, -0.05) is 12.1 Å². The molecule has 1 aromatic heterocycles. The van der Waals surface area contributed by atoms with E-state index in [-0.39, 0.29) is 17.8 Å². The predicted octanol–water partition coefficient (Wildman–Crippen LogP) is 2.31. The van der Waals surface area contributed by atoms with Crippen molar-refractivity contribution in [2.75, 3.05) is 13.1 Å². The highest BCUT2D eigenvalue weighted by atomic mass is 16.5. The summed E-state index contributed by atoms with van der Waals surface area (Å²) in [5.41, 5.74) is 2.14. The van der Waals surface area contributed by atoms with E-state index >= 15 is 0 Å². The van der Waals surface area contributed by atoms with E-state index in [2.05, 4.69) is 4.98 Å². The Morgan fingerprint density at radius 2 is 2.09 bits per heavy atom. The van der Waals surface area contributed by atoms with Crippen LogP contribution in [0.15, 0.2) is 36.5 Å². The number of likely N-dealkylation sites (tertiary alicyclic amines) is 1. The molecule has 1 amide bonds. The summed E-state index contributed by atoms with van der Waals surface area (Å²) >= 11 is 0. The van der Waals surface area contributed by atoms with Gasteiger partial charge in [-0.25, -0.2) is 0 Å². The molecule has 5 nitrogen and oxygen atoms in total. The fraction of sp³-hybridized carbons (Fsp3) is 0.294. The van der Waals surface area contributed by atoms with Crippen LogP contribution < -0.4 is 4.74 Å². The number of benzene rings is 1. The summed E-state index contributed by atoms with van der Waals surface area (Å²) in [6, 6.07) is 9.45. The molecule has 0 atom stereocenters. The van der Waals surface area contributed by atoms with Crippen LogP contribution in [0.25, 0.3) is 0 Å². The van der Waals surface area contributed by atoms with Crippen molar-refractivity contribution < 1.29 is 14.6 Å². The molecule has 0 unspecified atom stereocenters. The van der Waals surface area contributed by atoms with Gasteiger partial charge in [0.2, 0.25) is 0 Å². The van der Waals surface area contributed by atoms with Crippen molar-refractivity contribution in [1.29, 1.82) is 0 Å². The molecule has 1 aliphatic heterocycles. The molecule has 0 radical (unpaired) electrons. The van der Waals surface area contributed by atoms with Gasteiger partial charge in [-0.2, -0.15) is 0 Å². The SMILES string of the molecule is Cc1cccc(OC2CN(C(=O)c3cc(C)ncc3O)C2)c1. The van der Waals surface area contributed by atoms with Crippen LogP contribution in [0.5, 0.6) is 11.5 Å². The summed E-state index contributed by atoms with van der Waals surface area (Å²) in [5.74, 6) is 0.547. The lowest BCUT2D eigenvalue weighted by atomic mass is 10.1. The third kappa shape index (κ3) is 2.88. The molecule has 0 bridgehead atoms. The van der Waals surface area contributed by atoms with Crippen molar-refractivity contribution in [2.24, 2.45) is 0 Å². The molecule has 1 saturated heterocycles. The van der Waals surface area contributed by atoms with Crippen LogP contribution in [-0.4, -0.2) is 40.1 Å². The zero-order chi connectivity index (χ0) is 15.7. The van der Waals surface area contributed by atoms with Crippen molar-refractivity contribution in [3.05, 3.63) is 53.3 Å². The van der Waals surface area contributed by atoms with Crippen molar-refractivity contribution in [3.63, 3.8) is 0 Å². The van der Waals surface area contributed by atoms with Gasteiger partial charge in [0, 0.05) is 5.69 Å². The van der Waals surface area contributed by atoms with E-state index in [1.807, 2.05) is 31.2 Å². The van der Waals surface area contributed by atoms with Crippen LogP contribution in [0.2, 0.25) is 0 Å². The Morgan fingerprint density at radius 3 is 2.82 bits per heavy atom. The van der Waals surface area contributed by atoms with Crippen LogP contribution in [0.1, 0.15) is 21.6 Å². The lowest BCUT2D eigenvalue weighted by Gasteiger charge is -2.39. The Balaban J connectivity index is 1.61. The van der Waals surface area contributed by atoms with Gasteiger partial charge in [0.05, 0.1) is 24.8 Å². The summed E-state index contributed by atoms with van der Waals surface area (Å²) in [6.07, 6.45) is 1.30. The molecule has 22 heavy (non-hydrogen) atoms. The topological polar surface area (TPSA) is 62.7 Å². The van der Waals surface area contributed by atoms with Crippen LogP contribution in [0, 0.1) is 13.8 Å². The molecular weight excluding hydrogens is 280 g/mol. The van der Waals surface area contributed by atoms with Gasteiger partial charge in [0.15, 0.2) is 0 Å². The number of aryl methyl sites for hydroxylation is 2. The summed E-state index contributed by atoms with van der Waals surface area (Å²) in [6.45, 7) is 4.84. The fourth-order valence-electron chi connectivity index (χ4n) is 2.45.